The molecule has 0 bridgehead atoms. The van der Waals surface area contributed by atoms with E-state index in [1.807, 2.05) is 19.1 Å². The summed E-state index contributed by atoms with van der Waals surface area (Å²) in [6.07, 6.45) is 2.13. The molecule has 1 aliphatic heterocycles. The van der Waals surface area contributed by atoms with Gasteiger partial charge in [0.2, 0.25) is 5.91 Å². The Morgan fingerprint density at radius 2 is 2.15 bits per heavy atom. The number of hydrogen-bond acceptors (Lipinski definition) is 3. The number of amides is 1. The van der Waals surface area contributed by atoms with Crippen molar-refractivity contribution in [2.24, 2.45) is 0 Å². The molecule has 1 heterocycles. The van der Waals surface area contributed by atoms with Crippen molar-refractivity contribution >= 4 is 5.91 Å². The standard InChI is InChI=1S/C16H24N2O2/c1-2-5-16(20)17-10-13-6-3-4-7-14(13)11-18-9-8-15(19)12-18/h3-4,6-7,15,19H,2,5,8-12H2,1H3,(H,17,20)/t15-/m0/s1. The van der Waals surface area contributed by atoms with Gasteiger partial charge in [-0.05, 0) is 24.0 Å². The van der Waals surface area contributed by atoms with Crippen LogP contribution in [-0.4, -0.2) is 35.1 Å². The highest BCUT2D eigenvalue weighted by molar-refractivity contribution is 5.75. The molecule has 4 heteroatoms. The van der Waals surface area contributed by atoms with Crippen molar-refractivity contribution in [3.8, 4) is 0 Å². The molecule has 1 saturated heterocycles. The lowest BCUT2D eigenvalue weighted by molar-refractivity contribution is -0.121. The fourth-order valence-electron chi connectivity index (χ4n) is 2.59. The van der Waals surface area contributed by atoms with E-state index in [-0.39, 0.29) is 12.0 Å². The number of carbonyl (C=O) groups excluding carboxylic acids is 1. The summed E-state index contributed by atoms with van der Waals surface area (Å²) in [5.74, 6) is 0.110. The minimum atomic E-state index is -0.189. The van der Waals surface area contributed by atoms with Gasteiger partial charge in [-0.25, -0.2) is 0 Å². The van der Waals surface area contributed by atoms with E-state index in [2.05, 4.69) is 22.3 Å². The maximum atomic E-state index is 11.6. The largest absolute Gasteiger partial charge is 0.392 e. The van der Waals surface area contributed by atoms with Crippen molar-refractivity contribution < 1.29 is 9.90 Å². The molecule has 1 amide bonds. The average Bonchev–Trinajstić information content (AvgIpc) is 2.83. The van der Waals surface area contributed by atoms with Crippen LogP contribution in [0.15, 0.2) is 24.3 Å². The first-order valence-electron chi connectivity index (χ1n) is 7.43. The van der Waals surface area contributed by atoms with Gasteiger partial charge in [-0.2, -0.15) is 0 Å². The van der Waals surface area contributed by atoms with Gasteiger partial charge in [0.25, 0.3) is 0 Å². The zero-order valence-corrected chi connectivity index (χ0v) is 12.1. The van der Waals surface area contributed by atoms with Crippen molar-refractivity contribution in [2.45, 2.75) is 45.4 Å². The number of aliphatic hydroxyl groups is 1. The highest BCUT2D eigenvalue weighted by Gasteiger charge is 2.20. The van der Waals surface area contributed by atoms with Gasteiger partial charge in [0.05, 0.1) is 6.10 Å². The molecule has 0 spiro atoms. The van der Waals surface area contributed by atoms with E-state index >= 15 is 0 Å². The van der Waals surface area contributed by atoms with Crippen molar-refractivity contribution in [1.29, 1.82) is 0 Å². The molecule has 0 saturated carbocycles. The minimum Gasteiger partial charge on any atom is -0.392 e. The third-order valence-corrected chi connectivity index (χ3v) is 3.71. The first kappa shape index (κ1) is 15.0. The second-order valence-electron chi connectivity index (χ2n) is 5.47. The molecule has 110 valence electrons. The number of benzene rings is 1. The third-order valence-electron chi connectivity index (χ3n) is 3.71. The molecule has 20 heavy (non-hydrogen) atoms. The molecular formula is C16H24N2O2. The summed E-state index contributed by atoms with van der Waals surface area (Å²) in [4.78, 5) is 13.8. The molecule has 2 N–H and O–H groups in total. The molecule has 1 fully saturated rings. The second-order valence-corrected chi connectivity index (χ2v) is 5.47. The van der Waals surface area contributed by atoms with Crippen LogP contribution in [0.1, 0.15) is 37.3 Å². The Bertz CT molecular complexity index is 448. The van der Waals surface area contributed by atoms with E-state index in [9.17, 15) is 9.90 Å². The highest BCUT2D eigenvalue weighted by Crippen LogP contribution is 2.16. The fraction of sp³-hybridized carbons (Fsp3) is 0.562. The smallest absolute Gasteiger partial charge is 0.220 e. The first-order chi connectivity index (χ1) is 9.69. The van der Waals surface area contributed by atoms with Crippen LogP contribution in [0.25, 0.3) is 0 Å². The SMILES string of the molecule is CCCC(=O)NCc1ccccc1CN1CC[C@H](O)C1. The number of hydrogen-bond donors (Lipinski definition) is 2. The first-order valence-corrected chi connectivity index (χ1v) is 7.43. The molecule has 0 aliphatic carbocycles. The third kappa shape index (κ3) is 4.32. The van der Waals surface area contributed by atoms with Crippen LogP contribution >= 0.6 is 0 Å². The summed E-state index contributed by atoms with van der Waals surface area (Å²) in [6.45, 7) is 5.13. The topological polar surface area (TPSA) is 52.6 Å². The number of aliphatic hydroxyl groups excluding tert-OH is 1. The summed E-state index contributed by atoms with van der Waals surface area (Å²) in [6, 6.07) is 8.20. The van der Waals surface area contributed by atoms with E-state index in [4.69, 9.17) is 0 Å². The zero-order valence-electron chi connectivity index (χ0n) is 12.1. The van der Waals surface area contributed by atoms with Crippen LogP contribution in [-0.2, 0) is 17.9 Å². The molecular weight excluding hydrogens is 252 g/mol. The molecule has 2 rings (SSSR count). The second kappa shape index (κ2) is 7.41. The monoisotopic (exact) mass is 276 g/mol. The summed E-state index contributed by atoms with van der Waals surface area (Å²) in [5, 5.41) is 12.6. The van der Waals surface area contributed by atoms with Crippen molar-refractivity contribution in [3.05, 3.63) is 35.4 Å². The number of likely N-dealkylation sites (tertiary alicyclic amines) is 1. The van der Waals surface area contributed by atoms with Gasteiger partial charge in [0.15, 0.2) is 0 Å². The molecule has 1 atom stereocenters. The number of rotatable bonds is 6. The maximum absolute atomic E-state index is 11.6. The number of carbonyl (C=O) groups is 1. The van der Waals surface area contributed by atoms with Gasteiger partial charge in [0, 0.05) is 32.6 Å². The predicted molar refractivity (Wildman–Crippen MR) is 79.1 cm³/mol. The van der Waals surface area contributed by atoms with E-state index in [0.717, 1.165) is 32.5 Å². The van der Waals surface area contributed by atoms with Crippen molar-refractivity contribution in [1.82, 2.24) is 10.2 Å². The van der Waals surface area contributed by atoms with Gasteiger partial charge in [-0.15, -0.1) is 0 Å². The summed E-state index contributed by atoms with van der Waals surface area (Å²) in [5.41, 5.74) is 2.40. The lowest BCUT2D eigenvalue weighted by Crippen LogP contribution is -2.25. The molecule has 1 aliphatic rings. The van der Waals surface area contributed by atoms with Crippen molar-refractivity contribution in [2.75, 3.05) is 13.1 Å². The summed E-state index contributed by atoms with van der Waals surface area (Å²) < 4.78 is 0. The summed E-state index contributed by atoms with van der Waals surface area (Å²) >= 11 is 0. The molecule has 4 nitrogen and oxygen atoms in total. The van der Waals surface area contributed by atoms with E-state index in [0.29, 0.717) is 13.0 Å². The maximum Gasteiger partial charge on any atom is 0.220 e. The van der Waals surface area contributed by atoms with Crippen LogP contribution in [0, 0.1) is 0 Å². The predicted octanol–water partition coefficient (Wildman–Crippen LogP) is 1.67. The highest BCUT2D eigenvalue weighted by atomic mass is 16.3. The lowest BCUT2D eigenvalue weighted by Gasteiger charge is -2.18. The quantitative estimate of drug-likeness (QED) is 0.831. The van der Waals surface area contributed by atoms with Crippen LogP contribution in [0.5, 0.6) is 0 Å². The number of nitrogens with one attached hydrogen (secondary N) is 1. The van der Waals surface area contributed by atoms with E-state index < -0.39 is 0 Å². The number of β-amino-alcohol motifs (C(OH)–C–C–N with tert-alkyl or cyclic N) is 1. The summed E-state index contributed by atoms with van der Waals surface area (Å²) in [7, 11) is 0. The molecule has 0 radical (unpaired) electrons. The Morgan fingerprint density at radius 3 is 2.80 bits per heavy atom. The molecule has 1 aromatic rings. The van der Waals surface area contributed by atoms with Crippen LogP contribution in [0.4, 0.5) is 0 Å². The molecule has 1 aromatic carbocycles. The average molecular weight is 276 g/mol. The Morgan fingerprint density at radius 1 is 1.40 bits per heavy atom. The Labute approximate surface area is 120 Å². The van der Waals surface area contributed by atoms with Crippen LogP contribution in [0.3, 0.4) is 0 Å². The minimum absolute atomic E-state index is 0.110. The van der Waals surface area contributed by atoms with Gasteiger partial charge in [-0.1, -0.05) is 31.2 Å². The lowest BCUT2D eigenvalue weighted by atomic mass is 10.1. The van der Waals surface area contributed by atoms with Gasteiger partial charge in [0.1, 0.15) is 0 Å². The normalized spacial score (nSPS) is 19.2. The van der Waals surface area contributed by atoms with Gasteiger partial charge >= 0.3 is 0 Å². The van der Waals surface area contributed by atoms with Gasteiger partial charge in [-0.3, -0.25) is 9.69 Å². The van der Waals surface area contributed by atoms with E-state index in [1.54, 1.807) is 0 Å². The van der Waals surface area contributed by atoms with Crippen LogP contribution in [0.2, 0.25) is 0 Å². The molecule has 0 unspecified atom stereocenters. The Kier molecular flexibility index (Phi) is 5.56. The Balaban J connectivity index is 1.93. The Hall–Kier alpha value is -1.39. The molecule has 0 aromatic heterocycles. The fourth-order valence-corrected chi connectivity index (χ4v) is 2.59. The van der Waals surface area contributed by atoms with Gasteiger partial charge < -0.3 is 10.4 Å². The van der Waals surface area contributed by atoms with Crippen molar-refractivity contribution in [3.63, 3.8) is 0 Å². The van der Waals surface area contributed by atoms with E-state index in [1.165, 1.54) is 11.1 Å². The number of nitrogens with zero attached hydrogens (tertiary/aromatic N) is 1. The zero-order chi connectivity index (χ0) is 14.4. The van der Waals surface area contributed by atoms with Crippen LogP contribution < -0.4 is 5.32 Å².